The summed E-state index contributed by atoms with van der Waals surface area (Å²) in [5.74, 6) is 5.54. The van der Waals surface area contributed by atoms with E-state index in [0.29, 0.717) is 5.54 Å². The van der Waals surface area contributed by atoms with Crippen LogP contribution >= 0.6 is 11.8 Å². The third-order valence-electron chi connectivity index (χ3n) is 4.80. The minimum absolute atomic E-state index is 0.298. The minimum Gasteiger partial charge on any atom is -0.325 e. The normalized spacial score (nSPS) is 44.8. The molecule has 1 aliphatic heterocycles. The predicted octanol–water partition coefficient (Wildman–Crippen LogP) is 2.65. The Bertz CT molecular complexity index is 220. The summed E-state index contributed by atoms with van der Waals surface area (Å²) in [4.78, 5) is 0. The van der Waals surface area contributed by atoms with E-state index in [1.54, 1.807) is 0 Å². The van der Waals surface area contributed by atoms with Gasteiger partial charge in [0.15, 0.2) is 0 Å². The van der Waals surface area contributed by atoms with E-state index in [1.807, 2.05) is 0 Å². The third-order valence-corrected chi connectivity index (χ3v) is 5.85. The van der Waals surface area contributed by atoms with E-state index in [0.717, 1.165) is 17.8 Å². The fourth-order valence-corrected chi connectivity index (χ4v) is 4.58. The molecule has 2 saturated carbocycles. The van der Waals surface area contributed by atoms with Gasteiger partial charge in [0, 0.05) is 5.54 Å². The Hall–Kier alpha value is 0.310. The SMILES string of the molecule is NC1(C2CCSCC2)CC1C1CCC1. The average Bonchev–Trinajstić information content (AvgIpc) is 2.78. The molecule has 1 heterocycles. The fraction of sp³-hybridized carbons (Fsp3) is 1.00. The summed E-state index contributed by atoms with van der Waals surface area (Å²) in [5, 5.41) is 0. The molecule has 2 aliphatic carbocycles. The Labute approximate surface area is 91.2 Å². The highest BCUT2D eigenvalue weighted by atomic mass is 32.2. The van der Waals surface area contributed by atoms with Crippen molar-refractivity contribution >= 4 is 11.8 Å². The molecule has 2 N–H and O–H groups in total. The Morgan fingerprint density at radius 3 is 2.36 bits per heavy atom. The van der Waals surface area contributed by atoms with Crippen molar-refractivity contribution in [3.05, 3.63) is 0 Å². The zero-order valence-corrected chi connectivity index (χ0v) is 9.69. The molecule has 0 aromatic heterocycles. The van der Waals surface area contributed by atoms with E-state index in [1.165, 1.54) is 50.0 Å². The second-order valence-electron chi connectivity index (χ2n) is 5.50. The smallest absolute Gasteiger partial charge is 0.0218 e. The van der Waals surface area contributed by atoms with Gasteiger partial charge >= 0.3 is 0 Å². The summed E-state index contributed by atoms with van der Waals surface area (Å²) in [7, 11) is 0. The van der Waals surface area contributed by atoms with Crippen LogP contribution in [0.1, 0.15) is 38.5 Å². The van der Waals surface area contributed by atoms with Gasteiger partial charge in [-0.2, -0.15) is 11.8 Å². The van der Waals surface area contributed by atoms with Gasteiger partial charge in [0.25, 0.3) is 0 Å². The monoisotopic (exact) mass is 211 g/mol. The molecule has 1 nitrogen and oxygen atoms in total. The molecule has 0 amide bonds. The van der Waals surface area contributed by atoms with Gasteiger partial charge in [0.05, 0.1) is 0 Å². The van der Waals surface area contributed by atoms with Crippen LogP contribution < -0.4 is 5.73 Å². The number of rotatable bonds is 2. The van der Waals surface area contributed by atoms with E-state index in [9.17, 15) is 0 Å². The molecular formula is C12H21NS. The first-order valence-corrected chi connectivity index (χ1v) is 7.33. The lowest BCUT2D eigenvalue weighted by Gasteiger charge is -2.33. The number of hydrogen-bond donors (Lipinski definition) is 1. The molecule has 0 bridgehead atoms. The lowest BCUT2D eigenvalue weighted by molar-refractivity contribution is 0.230. The first-order chi connectivity index (χ1) is 6.81. The van der Waals surface area contributed by atoms with Crippen LogP contribution in [0.2, 0.25) is 0 Å². The van der Waals surface area contributed by atoms with Crippen LogP contribution in [-0.4, -0.2) is 17.0 Å². The van der Waals surface area contributed by atoms with Gasteiger partial charge in [-0.05, 0) is 48.5 Å². The lowest BCUT2D eigenvalue weighted by Crippen LogP contribution is -2.39. The summed E-state index contributed by atoms with van der Waals surface area (Å²) in [5.41, 5.74) is 6.86. The number of hydrogen-bond acceptors (Lipinski definition) is 2. The van der Waals surface area contributed by atoms with E-state index in [2.05, 4.69) is 11.8 Å². The van der Waals surface area contributed by atoms with Gasteiger partial charge in [0.1, 0.15) is 0 Å². The van der Waals surface area contributed by atoms with Crippen LogP contribution in [0.25, 0.3) is 0 Å². The van der Waals surface area contributed by atoms with Gasteiger partial charge in [0.2, 0.25) is 0 Å². The van der Waals surface area contributed by atoms with E-state index >= 15 is 0 Å². The predicted molar refractivity (Wildman–Crippen MR) is 62.4 cm³/mol. The minimum atomic E-state index is 0.298. The molecule has 3 fully saturated rings. The van der Waals surface area contributed by atoms with Crippen LogP contribution in [0, 0.1) is 17.8 Å². The maximum atomic E-state index is 6.57. The highest BCUT2D eigenvalue weighted by Gasteiger charge is 2.59. The first kappa shape index (κ1) is 9.53. The summed E-state index contributed by atoms with van der Waals surface area (Å²) in [6, 6.07) is 0. The van der Waals surface area contributed by atoms with Crippen molar-refractivity contribution in [2.45, 2.75) is 44.1 Å². The second kappa shape index (κ2) is 3.41. The Morgan fingerprint density at radius 1 is 1.07 bits per heavy atom. The molecule has 0 spiro atoms. The average molecular weight is 211 g/mol. The van der Waals surface area contributed by atoms with Crippen molar-refractivity contribution in [2.24, 2.45) is 23.5 Å². The summed E-state index contributed by atoms with van der Waals surface area (Å²) in [6.07, 6.45) is 8.57. The Balaban J connectivity index is 1.61. The van der Waals surface area contributed by atoms with Crippen molar-refractivity contribution in [3.63, 3.8) is 0 Å². The maximum absolute atomic E-state index is 6.57. The maximum Gasteiger partial charge on any atom is 0.0218 e. The van der Waals surface area contributed by atoms with E-state index in [-0.39, 0.29) is 0 Å². The zero-order valence-electron chi connectivity index (χ0n) is 8.87. The largest absolute Gasteiger partial charge is 0.325 e. The van der Waals surface area contributed by atoms with Gasteiger partial charge in [-0.15, -0.1) is 0 Å². The quantitative estimate of drug-likeness (QED) is 0.760. The molecule has 2 atom stereocenters. The molecule has 0 aromatic rings. The van der Waals surface area contributed by atoms with Crippen molar-refractivity contribution in [1.29, 1.82) is 0 Å². The van der Waals surface area contributed by atoms with Gasteiger partial charge in [-0.25, -0.2) is 0 Å². The van der Waals surface area contributed by atoms with Crippen molar-refractivity contribution in [2.75, 3.05) is 11.5 Å². The van der Waals surface area contributed by atoms with Crippen LogP contribution in [0.15, 0.2) is 0 Å². The molecule has 0 radical (unpaired) electrons. The van der Waals surface area contributed by atoms with Crippen molar-refractivity contribution in [3.8, 4) is 0 Å². The highest BCUT2D eigenvalue weighted by molar-refractivity contribution is 7.99. The lowest BCUT2D eigenvalue weighted by atomic mass is 9.77. The van der Waals surface area contributed by atoms with Crippen LogP contribution in [-0.2, 0) is 0 Å². The van der Waals surface area contributed by atoms with Crippen LogP contribution in [0.4, 0.5) is 0 Å². The molecule has 3 rings (SSSR count). The second-order valence-corrected chi connectivity index (χ2v) is 6.73. The first-order valence-electron chi connectivity index (χ1n) is 6.17. The van der Waals surface area contributed by atoms with Crippen LogP contribution in [0.5, 0.6) is 0 Å². The summed E-state index contributed by atoms with van der Waals surface area (Å²) in [6.45, 7) is 0. The summed E-state index contributed by atoms with van der Waals surface area (Å²) < 4.78 is 0. The van der Waals surface area contributed by atoms with Gasteiger partial charge in [-0.3, -0.25) is 0 Å². The van der Waals surface area contributed by atoms with E-state index in [4.69, 9.17) is 5.73 Å². The standard InChI is InChI=1S/C12H21NS/c13-12(10-4-6-14-7-5-10)8-11(12)9-2-1-3-9/h9-11H,1-8,13H2. The van der Waals surface area contributed by atoms with Gasteiger partial charge in [-0.1, -0.05) is 19.3 Å². The van der Waals surface area contributed by atoms with E-state index < -0.39 is 0 Å². The molecular weight excluding hydrogens is 190 g/mol. The molecule has 1 saturated heterocycles. The van der Waals surface area contributed by atoms with Crippen LogP contribution in [0.3, 0.4) is 0 Å². The Kier molecular flexibility index (Phi) is 2.32. The molecule has 14 heavy (non-hydrogen) atoms. The summed E-state index contributed by atoms with van der Waals surface area (Å²) >= 11 is 2.12. The fourth-order valence-electron chi connectivity index (χ4n) is 3.47. The number of thioether (sulfide) groups is 1. The molecule has 3 aliphatic rings. The highest BCUT2D eigenvalue weighted by Crippen LogP contribution is 2.58. The van der Waals surface area contributed by atoms with Crippen molar-refractivity contribution < 1.29 is 0 Å². The molecule has 2 unspecified atom stereocenters. The molecule has 2 heteroatoms. The van der Waals surface area contributed by atoms with Crippen molar-refractivity contribution in [1.82, 2.24) is 0 Å². The Morgan fingerprint density at radius 2 is 1.79 bits per heavy atom. The third kappa shape index (κ3) is 1.42. The number of nitrogens with two attached hydrogens (primary N) is 1. The molecule has 0 aromatic carbocycles. The van der Waals surface area contributed by atoms with Gasteiger partial charge < -0.3 is 5.73 Å². The topological polar surface area (TPSA) is 26.0 Å². The molecule has 80 valence electrons. The zero-order chi connectivity index (χ0) is 9.60.